The second kappa shape index (κ2) is 15.5. The van der Waals surface area contributed by atoms with Crippen molar-refractivity contribution in [1.82, 2.24) is 10.2 Å². The minimum absolute atomic E-state index is 0.203. The number of hydrogen-bond donors (Lipinski definition) is 4. The molecule has 4 rings (SSSR count). The summed E-state index contributed by atoms with van der Waals surface area (Å²) < 4.78 is 16.7. The SMILES string of the molecule is CO.[CH2-]OC1OCC(O)CC1N[C](=[V])/C(C#N)=C(\C)c1ccc2cc(NCCN3CCOCC3)ccc2c1. The van der Waals surface area contributed by atoms with Crippen LogP contribution in [0.2, 0.25) is 0 Å². The van der Waals surface area contributed by atoms with Crippen LogP contribution in [-0.4, -0.2) is 91.0 Å². The zero-order valence-electron chi connectivity index (χ0n) is 22.0. The Kier molecular flexibility index (Phi) is 12.4. The molecule has 2 heterocycles. The average Bonchev–Trinajstić information content (AvgIpc) is 2.95. The second-order valence-electron chi connectivity index (χ2n) is 9.13. The Labute approximate surface area is 233 Å². The molecule has 4 N–H and O–H groups in total. The van der Waals surface area contributed by atoms with Gasteiger partial charge < -0.3 is 9.84 Å². The Morgan fingerprint density at radius 2 is 1.92 bits per heavy atom. The number of anilines is 1. The summed E-state index contributed by atoms with van der Waals surface area (Å²) in [5.41, 5.74) is 3.46. The molecule has 2 saturated heterocycles. The molecule has 2 aliphatic rings. The summed E-state index contributed by atoms with van der Waals surface area (Å²) in [6.07, 6.45) is -0.743. The molecular formula is C28H37N4O5V-. The topological polar surface area (TPSA) is 119 Å². The van der Waals surface area contributed by atoms with Crippen LogP contribution in [0.5, 0.6) is 0 Å². The number of allylic oxidation sites excluding steroid dienone is 1. The van der Waals surface area contributed by atoms with Crippen molar-refractivity contribution in [3.05, 3.63) is 54.6 Å². The molecule has 3 atom stereocenters. The van der Waals surface area contributed by atoms with E-state index < -0.39 is 12.4 Å². The van der Waals surface area contributed by atoms with Gasteiger partial charge in [-0.2, -0.15) is 0 Å². The maximum absolute atomic E-state index is 9.97. The van der Waals surface area contributed by atoms with Crippen LogP contribution in [0.3, 0.4) is 0 Å². The van der Waals surface area contributed by atoms with Crippen LogP contribution in [0.15, 0.2) is 42.0 Å². The number of fused-ring (bicyclic) bond motifs is 1. The number of nitrogens with one attached hydrogen (secondary N) is 2. The Hall–Kier alpha value is -2.10. The van der Waals surface area contributed by atoms with E-state index in [1.807, 2.05) is 13.0 Å². The van der Waals surface area contributed by atoms with Gasteiger partial charge in [0.2, 0.25) is 0 Å². The van der Waals surface area contributed by atoms with Crippen molar-refractivity contribution in [2.24, 2.45) is 0 Å². The predicted molar refractivity (Wildman–Crippen MR) is 145 cm³/mol. The van der Waals surface area contributed by atoms with Crippen LogP contribution in [0.4, 0.5) is 5.69 Å². The predicted octanol–water partition coefficient (Wildman–Crippen LogP) is 2.04. The maximum atomic E-state index is 9.97. The molecule has 0 aromatic heterocycles. The summed E-state index contributed by atoms with van der Waals surface area (Å²) in [6, 6.07) is 14.6. The first-order valence-corrected chi connectivity index (χ1v) is 13.4. The third-order valence-electron chi connectivity index (χ3n) is 6.65. The number of nitrogens with zero attached hydrogens (tertiary/aromatic N) is 2. The van der Waals surface area contributed by atoms with E-state index in [0.717, 1.165) is 74.1 Å². The van der Waals surface area contributed by atoms with Crippen molar-refractivity contribution in [2.75, 3.05) is 58.4 Å². The van der Waals surface area contributed by atoms with E-state index in [1.165, 1.54) is 0 Å². The van der Waals surface area contributed by atoms with E-state index in [-0.39, 0.29) is 12.6 Å². The van der Waals surface area contributed by atoms with Crippen molar-refractivity contribution >= 4 is 26.4 Å². The Morgan fingerprint density at radius 1 is 1.21 bits per heavy atom. The summed E-state index contributed by atoms with van der Waals surface area (Å²) in [5.74, 6) is 0. The van der Waals surface area contributed by atoms with Crippen LogP contribution < -0.4 is 10.6 Å². The average molecular weight is 561 g/mol. The Bertz CT molecular complexity index is 1150. The minimum atomic E-state index is -0.593. The number of rotatable bonds is 9. The second-order valence-corrected chi connectivity index (χ2v) is 9.83. The molecule has 2 aromatic rings. The zero-order chi connectivity index (χ0) is 27.5. The van der Waals surface area contributed by atoms with Gasteiger partial charge in [0.1, 0.15) is 0 Å². The number of morpholine rings is 1. The van der Waals surface area contributed by atoms with Gasteiger partial charge in [-0.15, -0.1) is 0 Å². The van der Waals surface area contributed by atoms with Crippen LogP contribution in [0.25, 0.3) is 16.3 Å². The van der Waals surface area contributed by atoms with Gasteiger partial charge >= 0.3 is 186 Å². The fraction of sp³-hybridized carbons (Fsp3) is 0.464. The Balaban J connectivity index is 0.00000195. The number of nitriles is 1. The number of hydrogen-bond acceptors (Lipinski definition) is 9. The van der Waals surface area contributed by atoms with Crippen molar-refractivity contribution < 1.29 is 41.4 Å². The molecule has 0 aliphatic carbocycles. The van der Waals surface area contributed by atoms with E-state index in [1.54, 1.807) is 0 Å². The van der Waals surface area contributed by atoms with Gasteiger partial charge in [-0.25, -0.2) is 0 Å². The molecule has 0 radical (unpaired) electrons. The van der Waals surface area contributed by atoms with E-state index >= 15 is 0 Å². The number of aliphatic hydroxyl groups is 2. The van der Waals surface area contributed by atoms with Crippen molar-refractivity contribution in [2.45, 2.75) is 31.8 Å². The summed E-state index contributed by atoms with van der Waals surface area (Å²) in [6.45, 7) is 7.64. The standard InChI is InChI=1S/C27H33N4O4.CH4O.V/c1-19(23(16-28)17-30-26-15-25(32)18-35-27(26)33-2)20-3-4-22-14-24(6-5-21(22)13-20)29-7-8-31-9-11-34-12-10-31;1-2;/h3-6,13-14,25-27,29-30,32H,2,7-12,15,18H2,1H3;2H,1H3;/q-1;;/b23-19+;;. The molecule has 2 aromatic carbocycles. The summed E-state index contributed by atoms with van der Waals surface area (Å²) in [7, 11) is 4.46. The zero-order valence-corrected chi connectivity index (χ0v) is 23.4. The van der Waals surface area contributed by atoms with Gasteiger partial charge in [0.25, 0.3) is 0 Å². The molecule has 2 fully saturated rings. The summed E-state index contributed by atoms with van der Waals surface area (Å²) in [4.78, 5) is 2.41. The fourth-order valence-electron chi connectivity index (χ4n) is 4.56. The van der Waals surface area contributed by atoms with Gasteiger partial charge in [-0.3, -0.25) is 4.90 Å². The third-order valence-corrected chi connectivity index (χ3v) is 7.20. The quantitative estimate of drug-likeness (QED) is 0.270. The van der Waals surface area contributed by atoms with Gasteiger partial charge in [-0.05, 0) is 0 Å². The first-order valence-electron chi connectivity index (χ1n) is 12.7. The molecule has 3 unspecified atom stereocenters. The molecule has 10 heteroatoms. The third kappa shape index (κ3) is 8.20. The Morgan fingerprint density at radius 3 is 2.63 bits per heavy atom. The van der Waals surface area contributed by atoms with Gasteiger partial charge in [0, 0.05) is 20.2 Å². The van der Waals surface area contributed by atoms with Crippen molar-refractivity contribution in [1.29, 1.82) is 5.26 Å². The van der Waals surface area contributed by atoms with Crippen LogP contribution >= 0.6 is 0 Å². The van der Waals surface area contributed by atoms with Crippen molar-refractivity contribution in [3.63, 3.8) is 0 Å². The molecule has 0 bridgehead atoms. The van der Waals surface area contributed by atoms with E-state index in [0.29, 0.717) is 16.3 Å². The van der Waals surface area contributed by atoms with Crippen LogP contribution in [-0.2, 0) is 31.2 Å². The number of benzene rings is 2. The van der Waals surface area contributed by atoms with Gasteiger partial charge in [0.05, 0.1) is 13.2 Å². The van der Waals surface area contributed by atoms with Crippen LogP contribution in [0, 0.1) is 18.4 Å². The number of ether oxygens (including phenoxy) is 3. The van der Waals surface area contributed by atoms with Crippen LogP contribution in [0.1, 0.15) is 18.9 Å². The molecule has 0 amide bonds. The fourth-order valence-corrected chi connectivity index (χ4v) is 5.16. The van der Waals surface area contributed by atoms with E-state index in [2.05, 4.69) is 76.0 Å². The van der Waals surface area contributed by atoms with Gasteiger partial charge in [-0.1, -0.05) is 0 Å². The molecule has 38 heavy (non-hydrogen) atoms. The molecule has 0 saturated carbocycles. The number of aliphatic hydroxyl groups excluding tert-OH is 2. The molecular weight excluding hydrogens is 523 g/mol. The monoisotopic (exact) mass is 560 g/mol. The van der Waals surface area contributed by atoms with E-state index in [4.69, 9.17) is 19.3 Å². The first-order chi connectivity index (χ1) is 18.5. The molecule has 205 valence electrons. The molecule has 0 spiro atoms. The summed E-state index contributed by atoms with van der Waals surface area (Å²) >= 11 is 2.41. The molecule has 2 aliphatic heterocycles. The molecule has 9 nitrogen and oxygen atoms in total. The first kappa shape index (κ1) is 30.4. The summed E-state index contributed by atoms with van der Waals surface area (Å²) in [5, 5.41) is 36.0. The normalized spacial score (nSPS) is 22.6. The van der Waals surface area contributed by atoms with Gasteiger partial charge in [0.15, 0.2) is 0 Å². The van der Waals surface area contributed by atoms with E-state index in [9.17, 15) is 10.4 Å². The van der Waals surface area contributed by atoms with Crippen molar-refractivity contribution in [3.8, 4) is 6.07 Å².